The first kappa shape index (κ1) is 11.0. The van der Waals surface area contributed by atoms with Gasteiger partial charge in [0.05, 0.1) is 0 Å². The van der Waals surface area contributed by atoms with Crippen LogP contribution in [-0.4, -0.2) is 31.8 Å². The van der Waals surface area contributed by atoms with E-state index in [1.807, 2.05) is 6.92 Å². The van der Waals surface area contributed by atoms with E-state index < -0.39 is 0 Å². The number of ether oxygens (including phenoxy) is 1. The number of nitrogens with one attached hydrogen (secondary N) is 1. The lowest BCUT2D eigenvalue weighted by Crippen LogP contribution is -2.41. The summed E-state index contributed by atoms with van der Waals surface area (Å²) in [5.41, 5.74) is 5.93. The molecule has 2 atom stereocenters. The molecule has 3 nitrogen and oxygen atoms in total. The number of nitrogens with two attached hydrogens (primary N) is 1. The monoisotopic (exact) mass is 186 g/mol. The summed E-state index contributed by atoms with van der Waals surface area (Å²) in [6, 6.07) is 0.939. The van der Waals surface area contributed by atoms with E-state index in [-0.39, 0.29) is 0 Å². The molecule has 0 amide bonds. The summed E-state index contributed by atoms with van der Waals surface area (Å²) in [5, 5.41) is 3.49. The van der Waals surface area contributed by atoms with Gasteiger partial charge < -0.3 is 15.8 Å². The Hall–Kier alpha value is -0.120. The van der Waals surface area contributed by atoms with Crippen LogP contribution in [0.4, 0.5) is 0 Å². The Morgan fingerprint density at radius 3 is 2.92 bits per heavy atom. The standard InChI is InChI=1S/C10H22N2O/c1-2-13-8-4-7-12-10-6-3-5-9(10)11/h9-10,12H,2-8,11H2,1H3/t9-,10-/m0/s1. The molecule has 1 aliphatic carbocycles. The average molecular weight is 186 g/mol. The SMILES string of the molecule is CCOCCCN[C@H]1CCC[C@@H]1N. The van der Waals surface area contributed by atoms with Gasteiger partial charge >= 0.3 is 0 Å². The molecular formula is C10H22N2O. The van der Waals surface area contributed by atoms with Crippen molar-refractivity contribution in [3.8, 4) is 0 Å². The van der Waals surface area contributed by atoms with Gasteiger partial charge in [0.15, 0.2) is 0 Å². The number of hydrogen-bond acceptors (Lipinski definition) is 3. The van der Waals surface area contributed by atoms with Crippen LogP contribution in [0.2, 0.25) is 0 Å². The smallest absolute Gasteiger partial charge is 0.0477 e. The average Bonchev–Trinajstić information content (AvgIpc) is 2.52. The normalized spacial score (nSPS) is 28.2. The van der Waals surface area contributed by atoms with Gasteiger partial charge in [0, 0.05) is 25.3 Å². The minimum Gasteiger partial charge on any atom is -0.382 e. The molecule has 0 aliphatic heterocycles. The molecule has 1 saturated carbocycles. The zero-order valence-electron chi connectivity index (χ0n) is 8.59. The van der Waals surface area contributed by atoms with E-state index in [0.29, 0.717) is 12.1 Å². The molecule has 0 saturated heterocycles. The van der Waals surface area contributed by atoms with Gasteiger partial charge in [-0.2, -0.15) is 0 Å². The minimum absolute atomic E-state index is 0.382. The summed E-state index contributed by atoms with van der Waals surface area (Å²) in [5.74, 6) is 0. The maximum Gasteiger partial charge on any atom is 0.0477 e. The van der Waals surface area contributed by atoms with Gasteiger partial charge in [-0.05, 0) is 32.7 Å². The maximum absolute atomic E-state index is 5.93. The van der Waals surface area contributed by atoms with Crippen LogP contribution >= 0.6 is 0 Å². The molecule has 1 rings (SSSR count). The lowest BCUT2D eigenvalue weighted by molar-refractivity contribution is 0.144. The van der Waals surface area contributed by atoms with Crippen molar-refractivity contribution in [2.24, 2.45) is 5.73 Å². The molecular weight excluding hydrogens is 164 g/mol. The van der Waals surface area contributed by atoms with Crippen LogP contribution in [0.3, 0.4) is 0 Å². The van der Waals surface area contributed by atoms with Gasteiger partial charge in [-0.3, -0.25) is 0 Å². The highest BCUT2D eigenvalue weighted by Crippen LogP contribution is 2.16. The fourth-order valence-corrected chi connectivity index (χ4v) is 1.85. The van der Waals surface area contributed by atoms with Crippen molar-refractivity contribution in [3.63, 3.8) is 0 Å². The summed E-state index contributed by atoms with van der Waals surface area (Å²) < 4.78 is 5.25. The van der Waals surface area contributed by atoms with Crippen LogP contribution in [0.5, 0.6) is 0 Å². The zero-order chi connectivity index (χ0) is 9.52. The fraction of sp³-hybridized carbons (Fsp3) is 1.00. The first-order chi connectivity index (χ1) is 6.34. The van der Waals surface area contributed by atoms with E-state index in [1.165, 1.54) is 19.3 Å². The molecule has 1 aliphatic rings. The molecule has 0 radical (unpaired) electrons. The van der Waals surface area contributed by atoms with Crippen molar-refractivity contribution >= 4 is 0 Å². The molecule has 0 aromatic heterocycles. The molecule has 0 spiro atoms. The predicted molar refractivity (Wildman–Crippen MR) is 54.7 cm³/mol. The summed E-state index contributed by atoms with van der Waals surface area (Å²) in [6.45, 7) is 4.76. The van der Waals surface area contributed by atoms with Gasteiger partial charge in [-0.15, -0.1) is 0 Å². The first-order valence-corrected chi connectivity index (χ1v) is 5.41. The maximum atomic E-state index is 5.93. The molecule has 0 unspecified atom stereocenters. The highest BCUT2D eigenvalue weighted by atomic mass is 16.5. The van der Waals surface area contributed by atoms with Crippen molar-refractivity contribution in [1.29, 1.82) is 0 Å². The highest BCUT2D eigenvalue weighted by Gasteiger charge is 2.22. The summed E-state index contributed by atoms with van der Waals surface area (Å²) in [4.78, 5) is 0. The van der Waals surface area contributed by atoms with Gasteiger partial charge in [0.25, 0.3) is 0 Å². The second kappa shape index (κ2) is 6.35. The van der Waals surface area contributed by atoms with E-state index in [1.54, 1.807) is 0 Å². The third-order valence-electron chi connectivity index (χ3n) is 2.65. The first-order valence-electron chi connectivity index (χ1n) is 5.41. The van der Waals surface area contributed by atoms with Gasteiger partial charge in [0.1, 0.15) is 0 Å². The molecule has 1 fully saturated rings. The summed E-state index contributed by atoms with van der Waals surface area (Å²) >= 11 is 0. The highest BCUT2D eigenvalue weighted by molar-refractivity contribution is 4.85. The topological polar surface area (TPSA) is 47.3 Å². The van der Waals surface area contributed by atoms with Gasteiger partial charge in [-0.25, -0.2) is 0 Å². The third-order valence-corrected chi connectivity index (χ3v) is 2.65. The van der Waals surface area contributed by atoms with Crippen LogP contribution < -0.4 is 11.1 Å². The molecule has 0 aromatic carbocycles. The Bertz CT molecular complexity index is 130. The molecule has 3 heteroatoms. The Balaban J connectivity index is 1.93. The van der Waals surface area contributed by atoms with Crippen molar-refractivity contribution in [3.05, 3.63) is 0 Å². The lowest BCUT2D eigenvalue weighted by Gasteiger charge is -2.16. The Kier molecular flexibility index (Phi) is 5.35. The van der Waals surface area contributed by atoms with E-state index in [0.717, 1.165) is 26.2 Å². The molecule has 78 valence electrons. The number of hydrogen-bond donors (Lipinski definition) is 2. The molecule has 0 aromatic rings. The minimum atomic E-state index is 0.382. The van der Waals surface area contributed by atoms with Gasteiger partial charge in [0.2, 0.25) is 0 Å². The molecule has 0 bridgehead atoms. The largest absolute Gasteiger partial charge is 0.382 e. The molecule has 0 heterocycles. The van der Waals surface area contributed by atoms with Crippen molar-refractivity contribution in [1.82, 2.24) is 5.32 Å². The van der Waals surface area contributed by atoms with Crippen LogP contribution in [0.1, 0.15) is 32.6 Å². The lowest BCUT2D eigenvalue weighted by atomic mass is 10.2. The summed E-state index contributed by atoms with van der Waals surface area (Å²) in [7, 11) is 0. The van der Waals surface area contributed by atoms with Gasteiger partial charge in [-0.1, -0.05) is 6.42 Å². The third kappa shape index (κ3) is 4.07. The Morgan fingerprint density at radius 1 is 1.46 bits per heavy atom. The quantitative estimate of drug-likeness (QED) is 0.605. The summed E-state index contributed by atoms with van der Waals surface area (Å²) in [6.07, 6.45) is 4.81. The zero-order valence-corrected chi connectivity index (χ0v) is 8.59. The van der Waals surface area contributed by atoms with Crippen molar-refractivity contribution < 1.29 is 4.74 Å². The Morgan fingerprint density at radius 2 is 2.31 bits per heavy atom. The van der Waals surface area contributed by atoms with Crippen LogP contribution in [0, 0.1) is 0 Å². The van der Waals surface area contributed by atoms with Crippen molar-refractivity contribution in [2.45, 2.75) is 44.7 Å². The van der Waals surface area contributed by atoms with Crippen molar-refractivity contribution in [2.75, 3.05) is 19.8 Å². The van der Waals surface area contributed by atoms with E-state index in [4.69, 9.17) is 10.5 Å². The predicted octanol–water partition coefficient (Wildman–Crippen LogP) is 0.882. The van der Waals surface area contributed by atoms with E-state index in [2.05, 4.69) is 5.32 Å². The second-order valence-corrected chi connectivity index (χ2v) is 3.71. The van der Waals surface area contributed by atoms with E-state index >= 15 is 0 Å². The fourth-order valence-electron chi connectivity index (χ4n) is 1.85. The Labute approximate surface area is 81.0 Å². The molecule has 13 heavy (non-hydrogen) atoms. The molecule has 3 N–H and O–H groups in total. The number of rotatable bonds is 6. The van der Waals surface area contributed by atoms with Crippen LogP contribution in [-0.2, 0) is 4.74 Å². The second-order valence-electron chi connectivity index (χ2n) is 3.71. The van der Waals surface area contributed by atoms with E-state index in [9.17, 15) is 0 Å². The van der Waals surface area contributed by atoms with Crippen LogP contribution in [0.25, 0.3) is 0 Å². The van der Waals surface area contributed by atoms with Crippen LogP contribution in [0.15, 0.2) is 0 Å².